The van der Waals surface area contributed by atoms with Gasteiger partial charge in [-0.2, -0.15) is 11.8 Å². The van der Waals surface area contributed by atoms with Crippen LogP contribution in [0.15, 0.2) is 72.8 Å². The standard InChI is InChI=1S/C24H26O4S/c25-23(27-17-7-13-21-9-3-1-4-10-21)15-19-29-20-16-24(26)28-18-8-14-22-11-5-2-6-12-22/h1-14H,15-20H2. The van der Waals surface area contributed by atoms with E-state index in [1.165, 1.54) is 0 Å². The molecule has 0 spiro atoms. The lowest BCUT2D eigenvalue weighted by atomic mass is 10.2. The second kappa shape index (κ2) is 14.2. The molecule has 0 aliphatic heterocycles. The van der Waals surface area contributed by atoms with E-state index < -0.39 is 0 Å². The second-order valence-electron chi connectivity index (χ2n) is 6.10. The van der Waals surface area contributed by atoms with E-state index in [0.29, 0.717) is 24.3 Å². The van der Waals surface area contributed by atoms with E-state index in [2.05, 4.69) is 0 Å². The van der Waals surface area contributed by atoms with Gasteiger partial charge in [-0.25, -0.2) is 0 Å². The molecule has 0 radical (unpaired) electrons. The Balaban J connectivity index is 1.45. The third-order valence-electron chi connectivity index (χ3n) is 3.80. The molecule has 0 amide bonds. The fourth-order valence-electron chi connectivity index (χ4n) is 2.34. The highest BCUT2D eigenvalue weighted by atomic mass is 32.2. The van der Waals surface area contributed by atoms with Crippen molar-refractivity contribution >= 4 is 35.9 Å². The summed E-state index contributed by atoms with van der Waals surface area (Å²) in [6.45, 7) is 0.530. The fraction of sp³-hybridized carbons (Fsp3) is 0.250. The smallest absolute Gasteiger partial charge is 0.306 e. The average Bonchev–Trinajstić information content (AvgIpc) is 2.75. The first-order valence-electron chi connectivity index (χ1n) is 9.56. The van der Waals surface area contributed by atoms with Crippen LogP contribution >= 0.6 is 11.8 Å². The summed E-state index contributed by atoms with van der Waals surface area (Å²) in [5.41, 5.74) is 2.14. The van der Waals surface area contributed by atoms with Crippen LogP contribution in [0, 0.1) is 0 Å². The van der Waals surface area contributed by atoms with Gasteiger partial charge in [0.1, 0.15) is 13.2 Å². The zero-order valence-electron chi connectivity index (χ0n) is 16.4. The molecule has 0 aliphatic carbocycles. The quantitative estimate of drug-likeness (QED) is 0.364. The second-order valence-corrected chi connectivity index (χ2v) is 7.33. The molecule has 29 heavy (non-hydrogen) atoms. The number of thioether (sulfide) groups is 1. The van der Waals surface area contributed by atoms with Gasteiger partial charge in [0.25, 0.3) is 0 Å². The maximum atomic E-state index is 11.7. The molecule has 0 unspecified atom stereocenters. The third kappa shape index (κ3) is 11.0. The first kappa shape index (κ1) is 22.5. The van der Waals surface area contributed by atoms with Gasteiger partial charge < -0.3 is 9.47 Å². The van der Waals surface area contributed by atoms with Gasteiger partial charge in [0, 0.05) is 11.5 Å². The van der Waals surface area contributed by atoms with Crippen molar-refractivity contribution < 1.29 is 19.1 Å². The highest BCUT2D eigenvalue weighted by Crippen LogP contribution is 2.07. The maximum absolute atomic E-state index is 11.7. The SMILES string of the molecule is O=C(CCSCCC(=O)OCC=Cc1ccccc1)OCC=Cc1ccccc1. The van der Waals surface area contributed by atoms with Crippen LogP contribution in [0.5, 0.6) is 0 Å². The van der Waals surface area contributed by atoms with Crippen molar-refractivity contribution in [2.45, 2.75) is 12.8 Å². The number of ether oxygens (including phenoxy) is 2. The summed E-state index contributed by atoms with van der Waals surface area (Å²) in [4.78, 5) is 23.3. The van der Waals surface area contributed by atoms with Gasteiger partial charge >= 0.3 is 11.9 Å². The molecule has 152 valence electrons. The summed E-state index contributed by atoms with van der Waals surface area (Å²) in [5.74, 6) is 0.790. The topological polar surface area (TPSA) is 52.6 Å². The van der Waals surface area contributed by atoms with Gasteiger partial charge in [0.15, 0.2) is 0 Å². The Morgan fingerprint density at radius 1 is 0.690 bits per heavy atom. The Morgan fingerprint density at radius 3 is 1.52 bits per heavy atom. The predicted octanol–water partition coefficient (Wildman–Crippen LogP) is 5.01. The van der Waals surface area contributed by atoms with Crippen LogP contribution in [0.3, 0.4) is 0 Å². The van der Waals surface area contributed by atoms with Crippen LogP contribution in [-0.4, -0.2) is 36.7 Å². The van der Waals surface area contributed by atoms with Crippen LogP contribution in [0.1, 0.15) is 24.0 Å². The fourth-order valence-corrected chi connectivity index (χ4v) is 3.16. The molecule has 0 N–H and O–H groups in total. The summed E-state index contributed by atoms with van der Waals surface area (Å²) in [5, 5.41) is 0. The average molecular weight is 411 g/mol. The minimum Gasteiger partial charge on any atom is -0.461 e. The Hall–Kier alpha value is -2.79. The van der Waals surface area contributed by atoms with Gasteiger partial charge in [0.05, 0.1) is 12.8 Å². The van der Waals surface area contributed by atoms with Gasteiger partial charge in [-0.15, -0.1) is 0 Å². The first-order chi connectivity index (χ1) is 14.2. The molecule has 0 atom stereocenters. The summed E-state index contributed by atoms with van der Waals surface area (Å²) in [6.07, 6.45) is 8.15. The molecular formula is C24H26O4S. The van der Waals surface area contributed by atoms with Gasteiger partial charge in [-0.3, -0.25) is 9.59 Å². The Kier molecular flexibility index (Phi) is 11.0. The van der Waals surface area contributed by atoms with E-state index in [0.717, 1.165) is 11.1 Å². The van der Waals surface area contributed by atoms with Crippen LogP contribution < -0.4 is 0 Å². The molecule has 0 aromatic heterocycles. The van der Waals surface area contributed by atoms with E-state index in [9.17, 15) is 9.59 Å². The number of carbonyl (C=O) groups excluding carboxylic acids is 2. The Morgan fingerprint density at radius 2 is 1.10 bits per heavy atom. The van der Waals surface area contributed by atoms with Crippen molar-refractivity contribution in [3.05, 3.63) is 83.9 Å². The monoisotopic (exact) mass is 410 g/mol. The van der Waals surface area contributed by atoms with Crippen LogP contribution in [0.25, 0.3) is 12.2 Å². The minimum absolute atomic E-state index is 0.233. The molecular weight excluding hydrogens is 384 g/mol. The number of rotatable bonds is 12. The Bertz CT molecular complexity index is 718. The summed E-state index contributed by atoms with van der Waals surface area (Å²) in [6, 6.07) is 19.7. The van der Waals surface area contributed by atoms with Crippen LogP contribution in [0.4, 0.5) is 0 Å². The lowest BCUT2D eigenvalue weighted by Gasteiger charge is -2.03. The zero-order chi connectivity index (χ0) is 20.6. The summed E-state index contributed by atoms with van der Waals surface area (Å²) < 4.78 is 10.3. The maximum Gasteiger partial charge on any atom is 0.306 e. The Labute approximate surface area is 176 Å². The zero-order valence-corrected chi connectivity index (χ0v) is 17.2. The molecule has 0 saturated carbocycles. The number of hydrogen-bond donors (Lipinski definition) is 0. The van der Waals surface area contributed by atoms with E-state index >= 15 is 0 Å². The van der Waals surface area contributed by atoms with Gasteiger partial charge in [-0.1, -0.05) is 72.8 Å². The molecule has 2 aromatic rings. The number of benzene rings is 2. The third-order valence-corrected chi connectivity index (χ3v) is 4.79. The first-order valence-corrected chi connectivity index (χ1v) is 10.7. The molecule has 5 heteroatoms. The lowest BCUT2D eigenvalue weighted by Crippen LogP contribution is -2.07. The van der Waals surface area contributed by atoms with Crippen molar-refractivity contribution in [1.82, 2.24) is 0 Å². The summed E-state index contributed by atoms with van der Waals surface area (Å²) >= 11 is 1.54. The van der Waals surface area contributed by atoms with Crippen molar-refractivity contribution in [2.24, 2.45) is 0 Å². The molecule has 2 rings (SSSR count). The molecule has 2 aromatic carbocycles. The minimum atomic E-state index is -0.233. The largest absolute Gasteiger partial charge is 0.461 e. The van der Waals surface area contributed by atoms with Crippen molar-refractivity contribution in [3.8, 4) is 0 Å². The van der Waals surface area contributed by atoms with E-state index in [-0.39, 0.29) is 25.2 Å². The lowest BCUT2D eigenvalue weighted by molar-refractivity contribution is -0.142. The number of esters is 2. The van der Waals surface area contributed by atoms with E-state index in [1.54, 1.807) is 11.8 Å². The molecule has 4 nitrogen and oxygen atoms in total. The van der Waals surface area contributed by atoms with Crippen molar-refractivity contribution in [3.63, 3.8) is 0 Å². The van der Waals surface area contributed by atoms with Crippen LogP contribution in [0.2, 0.25) is 0 Å². The molecule has 0 aliphatic rings. The van der Waals surface area contributed by atoms with Crippen LogP contribution in [-0.2, 0) is 19.1 Å². The van der Waals surface area contributed by atoms with E-state index in [4.69, 9.17) is 9.47 Å². The van der Waals surface area contributed by atoms with Crippen molar-refractivity contribution in [2.75, 3.05) is 24.7 Å². The number of hydrogen-bond acceptors (Lipinski definition) is 5. The van der Waals surface area contributed by atoms with Crippen molar-refractivity contribution in [1.29, 1.82) is 0 Å². The van der Waals surface area contributed by atoms with Gasteiger partial charge in [-0.05, 0) is 23.3 Å². The highest BCUT2D eigenvalue weighted by Gasteiger charge is 2.04. The molecule has 0 bridgehead atoms. The molecule has 0 fully saturated rings. The summed E-state index contributed by atoms with van der Waals surface area (Å²) in [7, 11) is 0. The molecule has 0 heterocycles. The number of carbonyl (C=O) groups is 2. The predicted molar refractivity (Wildman–Crippen MR) is 119 cm³/mol. The molecule has 0 saturated heterocycles. The van der Waals surface area contributed by atoms with Gasteiger partial charge in [0.2, 0.25) is 0 Å². The van der Waals surface area contributed by atoms with E-state index in [1.807, 2.05) is 85.0 Å². The normalized spacial score (nSPS) is 11.0. The highest BCUT2D eigenvalue weighted by molar-refractivity contribution is 7.99.